The van der Waals surface area contributed by atoms with Gasteiger partial charge >= 0.3 is 6.09 Å². The Labute approximate surface area is 151 Å². The monoisotopic (exact) mass is 379 g/mol. The number of rotatable bonds is 6. The first kappa shape index (κ1) is 18.2. The molecule has 26 heavy (non-hydrogen) atoms. The van der Waals surface area contributed by atoms with Gasteiger partial charge in [-0.25, -0.2) is 18.2 Å². The van der Waals surface area contributed by atoms with E-state index >= 15 is 0 Å². The lowest BCUT2D eigenvalue weighted by molar-refractivity contribution is 0.168. The minimum atomic E-state index is -3.17. The van der Waals surface area contributed by atoms with Crippen LogP contribution in [0.1, 0.15) is 23.6 Å². The molecule has 0 fully saturated rings. The van der Waals surface area contributed by atoms with Crippen LogP contribution in [-0.2, 0) is 21.0 Å². The number of ether oxygens (including phenoxy) is 2. The number of amides is 1. The predicted molar refractivity (Wildman–Crippen MR) is 96.3 cm³/mol. The van der Waals surface area contributed by atoms with Gasteiger partial charge in [0, 0.05) is 18.1 Å². The molecular weight excluding hydrogens is 358 g/mol. The zero-order chi connectivity index (χ0) is 18.6. The van der Waals surface area contributed by atoms with Crippen LogP contribution in [0.15, 0.2) is 30.7 Å². The standard InChI is InChI=1S/C17H21N3O5S/c1-26(22,23)7-6-25-17(21)20-13-2-3-16-15(9-13)12(4-5-24-16)8-14-10-18-11-19-14/h2-3,9-12H,4-8H2,1H3,(H,18,19)(H,20,21). The Morgan fingerprint density at radius 2 is 2.31 bits per heavy atom. The first-order chi connectivity index (χ1) is 12.4. The third kappa shape index (κ3) is 4.98. The number of hydrogen-bond donors (Lipinski definition) is 2. The van der Waals surface area contributed by atoms with Crippen LogP contribution in [0.25, 0.3) is 0 Å². The Kier molecular flexibility index (Phi) is 5.46. The van der Waals surface area contributed by atoms with Gasteiger partial charge in [0.05, 0.1) is 24.4 Å². The summed E-state index contributed by atoms with van der Waals surface area (Å²) in [4.78, 5) is 19.1. The molecule has 1 aromatic carbocycles. The van der Waals surface area contributed by atoms with Gasteiger partial charge in [-0.1, -0.05) is 0 Å². The van der Waals surface area contributed by atoms with Crippen molar-refractivity contribution in [2.75, 3.05) is 30.5 Å². The highest BCUT2D eigenvalue weighted by Crippen LogP contribution is 2.37. The molecular formula is C17H21N3O5S. The van der Waals surface area contributed by atoms with E-state index in [-0.39, 0.29) is 18.3 Å². The van der Waals surface area contributed by atoms with Crippen molar-refractivity contribution in [2.45, 2.75) is 18.8 Å². The molecule has 2 heterocycles. The molecule has 0 saturated heterocycles. The predicted octanol–water partition coefficient (Wildman–Crippen LogP) is 2.11. The summed E-state index contributed by atoms with van der Waals surface area (Å²) in [6.07, 6.45) is 5.58. The number of fused-ring (bicyclic) bond motifs is 1. The number of aromatic nitrogens is 2. The summed E-state index contributed by atoms with van der Waals surface area (Å²) in [5, 5.41) is 2.62. The second-order valence-electron chi connectivity index (χ2n) is 6.24. The summed E-state index contributed by atoms with van der Waals surface area (Å²) in [6, 6.07) is 5.41. The molecule has 0 saturated carbocycles. The van der Waals surface area contributed by atoms with Crippen molar-refractivity contribution in [1.29, 1.82) is 0 Å². The van der Waals surface area contributed by atoms with E-state index in [0.29, 0.717) is 12.3 Å². The molecule has 9 heteroatoms. The number of imidazole rings is 1. The van der Waals surface area contributed by atoms with Crippen LogP contribution in [0, 0.1) is 0 Å². The molecule has 1 aliphatic heterocycles. The first-order valence-electron chi connectivity index (χ1n) is 8.26. The molecule has 0 spiro atoms. The number of benzene rings is 1. The molecule has 0 radical (unpaired) electrons. The van der Waals surface area contributed by atoms with Crippen molar-refractivity contribution < 1.29 is 22.7 Å². The van der Waals surface area contributed by atoms with Crippen LogP contribution in [-0.4, -0.2) is 49.7 Å². The second-order valence-corrected chi connectivity index (χ2v) is 8.50. The van der Waals surface area contributed by atoms with E-state index in [0.717, 1.165) is 36.1 Å². The van der Waals surface area contributed by atoms with Gasteiger partial charge in [0.25, 0.3) is 0 Å². The number of carbonyl (C=O) groups is 1. The number of nitrogens with one attached hydrogen (secondary N) is 2. The molecule has 1 amide bonds. The van der Waals surface area contributed by atoms with E-state index in [1.165, 1.54) is 0 Å². The van der Waals surface area contributed by atoms with Gasteiger partial charge in [-0.3, -0.25) is 5.32 Å². The molecule has 1 aromatic heterocycles. The highest BCUT2D eigenvalue weighted by molar-refractivity contribution is 7.90. The smallest absolute Gasteiger partial charge is 0.411 e. The Hall–Kier alpha value is -2.55. The number of sulfone groups is 1. The third-order valence-electron chi connectivity index (χ3n) is 4.12. The maximum Gasteiger partial charge on any atom is 0.411 e. The Morgan fingerprint density at radius 3 is 3.04 bits per heavy atom. The van der Waals surface area contributed by atoms with Crippen LogP contribution < -0.4 is 10.1 Å². The van der Waals surface area contributed by atoms with Gasteiger partial charge in [-0.05, 0) is 42.5 Å². The summed E-state index contributed by atoms with van der Waals surface area (Å²) >= 11 is 0. The van der Waals surface area contributed by atoms with Crippen LogP contribution in [0.4, 0.5) is 10.5 Å². The third-order valence-corrected chi connectivity index (χ3v) is 5.03. The van der Waals surface area contributed by atoms with Crippen LogP contribution in [0.5, 0.6) is 5.75 Å². The molecule has 2 N–H and O–H groups in total. The normalized spacial score (nSPS) is 16.4. The minimum absolute atomic E-state index is 0.180. The second kappa shape index (κ2) is 7.77. The van der Waals surface area contributed by atoms with Crippen molar-refractivity contribution in [2.24, 2.45) is 0 Å². The molecule has 1 aliphatic rings. The number of nitrogens with zero attached hydrogens (tertiary/aromatic N) is 1. The van der Waals surface area contributed by atoms with Crippen molar-refractivity contribution >= 4 is 21.6 Å². The average Bonchev–Trinajstić information content (AvgIpc) is 3.07. The fourth-order valence-corrected chi connectivity index (χ4v) is 3.24. The van der Waals surface area contributed by atoms with Gasteiger partial charge in [0.2, 0.25) is 0 Å². The molecule has 1 atom stereocenters. The van der Waals surface area contributed by atoms with E-state index in [9.17, 15) is 13.2 Å². The van der Waals surface area contributed by atoms with Crippen molar-refractivity contribution in [3.05, 3.63) is 42.0 Å². The molecule has 0 aliphatic carbocycles. The highest BCUT2D eigenvalue weighted by Gasteiger charge is 2.23. The molecule has 1 unspecified atom stereocenters. The summed E-state index contributed by atoms with van der Waals surface area (Å²) < 4.78 is 32.7. The maximum absolute atomic E-state index is 11.8. The number of carbonyl (C=O) groups excluding carboxylic acids is 1. The van der Waals surface area contributed by atoms with E-state index in [2.05, 4.69) is 15.3 Å². The van der Waals surface area contributed by atoms with Crippen molar-refractivity contribution in [3.8, 4) is 5.75 Å². The quantitative estimate of drug-likeness (QED) is 0.795. The zero-order valence-electron chi connectivity index (χ0n) is 14.4. The van der Waals surface area contributed by atoms with Gasteiger partial charge in [0.15, 0.2) is 9.84 Å². The fraction of sp³-hybridized carbons (Fsp3) is 0.412. The van der Waals surface area contributed by atoms with E-state index < -0.39 is 15.9 Å². The number of anilines is 1. The Morgan fingerprint density at radius 1 is 1.46 bits per heavy atom. The van der Waals surface area contributed by atoms with Gasteiger partial charge < -0.3 is 14.5 Å². The largest absolute Gasteiger partial charge is 0.493 e. The Balaban J connectivity index is 1.65. The maximum atomic E-state index is 11.8. The molecule has 8 nitrogen and oxygen atoms in total. The Bertz CT molecular complexity index is 865. The molecule has 140 valence electrons. The lowest BCUT2D eigenvalue weighted by Crippen LogP contribution is -2.20. The van der Waals surface area contributed by atoms with E-state index in [1.54, 1.807) is 12.4 Å². The SMILES string of the molecule is CS(=O)(=O)CCOC(=O)Nc1ccc2c(c1)C(Cc1c[nH]cn1)CCO2. The minimum Gasteiger partial charge on any atom is -0.493 e. The first-order valence-corrected chi connectivity index (χ1v) is 10.3. The average molecular weight is 379 g/mol. The summed E-state index contributed by atoms with van der Waals surface area (Å²) in [6.45, 7) is 0.461. The van der Waals surface area contributed by atoms with E-state index in [4.69, 9.17) is 9.47 Å². The van der Waals surface area contributed by atoms with Gasteiger partial charge in [0.1, 0.15) is 12.4 Å². The number of aromatic amines is 1. The number of H-pyrrole nitrogens is 1. The summed E-state index contributed by atoms with van der Waals surface area (Å²) in [7, 11) is -3.17. The zero-order valence-corrected chi connectivity index (χ0v) is 15.2. The van der Waals surface area contributed by atoms with Crippen molar-refractivity contribution in [3.63, 3.8) is 0 Å². The lowest BCUT2D eigenvalue weighted by Gasteiger charge is -2.26. The van der Waals surface area contributed by atoms with Gasteiger partial charge in [-0.2, -0.15) is 0 Å². The van der Waals surface area contributed by atoms with Crippen LogP contribution in [0.3, 0.4) is 0 Å². The summed E-state index contributed by atoms with van der Waals surface area (Å²) in [5.74, 6) is 0.835. The van der Waals surface area contributed by atoms with E-state index in [1.807, 2.05) is 18.3 Å². The topological polar surface area (TPSA) is 110 Å². The van der Waals surface area contributed by atoms with Gasteiger partial charge in [-0.15, -0.1) is 0 Å². The summed E-state index contributed by atoms with van der Waals surface area (Å²) in [5.41, 5.74) is 2.56. The number of hydrogen-bond acceptors (Lipinski definition) is 6. The molecule has 0 bridgehead atoms. The van der Waals surface area contributed by atoms with Crippen LogP contribution >= 0.6 is 0 Å². The lowest BCUT2D eigenvalue weighted by atomic mass is 9.89. The fourth-order valence-electron chi connectivity index (χ4n) is 2.85. The molecule has 2 aromatic rings. The van der Waals surface area contributed by atoms with Crippen LogP contribution in [0.2, 0.25) is 0 Å². The highest BCUT2D eigenvalue weighted by atomic mass is 32.2. The molecule has 3 rings (SSSR count). The van der Waals surface area contributed by atoms with Crippen molar-refractivity contribution in [1.82, 2.24) is 9.97 Å².